The quantitative estimate of drug-likeness (QED) is 0.734. The maximum atomic E-state index is 13.3. The Kier molecular flexibility index (Phi) is 6.29. The summed E-state index contributed by atoms with van der Waals surface area (Å²) >= 11 is 3.45. The van der Waals surface area contributed by atoms with Crippen LogP contribution in [-0.2, 0) is 19.7 Å². The molecule has 0 aromatic heterocycles. The van der Waals surface area contributed by atoms with Crippen molar-refractivity contribution in [1.82, 2.24) is 0 Å². The molecule has 0 radical (unpaired) electrons. The molecular formula is C21H23BrN2O3. The molecule has 1 aliphatic heterocycles. The van der Waals surface area contributed by atoms with Gasteiger partial charge in [0.25, 0.3) is 0 Å². The highest BCUT2D eigenvalue weighted by molar-refractivity contribution is 9.10. The third kappa shape index (κ3) is 4.57. The van der Waals surface area contributed by atoms with E-state index in [-0.39, 0.29) is 11.8 Å². The van der Waals surface area contributed by atoms with Crippen LogP contribution < -0.4 is 10.6 Å². The van der Waals surface area contributed by atoms with Gasteiger partial charge in [-0.1, -0.05) is 41.1 Å². The number of carbonyl (C=O) groups is 2. The molecule has 3 rings (SSSR count). The molecule has 0 atom stereocenters. The van der Waals surface area contributed by atoms with E-state index in [1.807, 2.05) is 42.5 Å². The van der Waals surface area contributed by atoms with E-state index in [1.54, 1.807) is 13.0 Å². The summed E-state index contributed by atoms with van der Waals surface area (Å²) in [6.45, 7) is 2.90. The van der Waals surface area contributed by atoms with Crippen LogP contribution in [0.25, 0.3) is 0 Å². The fourth-order valence-corrected chi connectivity index (χ4v) is 3.57. The first-order valence-corrected chi connectivity index (χ1v) is 9.88. The average molecular weight is 431 g/mol. The maximum absolute atomic E-state index is 13.3. The lowest BCUT2D eigenvalue weighted by Crippen LogP contribution is -2.44. The van der Waals surface area contributed by atoms with Crippen LogP contribution in [0.5, 0.6) is 0 Å². The van der Waals surface area contributed by atoms with Crippen molar-refractivity contribution in [2.24, 2.45) is 0 Å². The topological polar surface area (TPSA) is 67.4 Å². The van der Waals surface area contributed by atoms with Crippen molar-refractivity contribution in [1.29, 1.82) is 0 Å². The minimum atomic E-state index is -0.623. The van der Waals surface area contributed by atoms with Crippen molar-refractivity contribution in [2.45, 2.75) is 31.6 Å². The normalized spacial score (nSPS) is 15.8. The van der Waals surface area contributed by atoms with Gasteiger partial charge in [0.05, 0.1) is 5.41 Å². The molecular weight excluding hydrogens is 408 g/mol. The SMILES string of the molecule is CCC(=O)Nc1cccc(NC(=O)C2(c3ccc(Br)cc3)CCOCC2)c1. The molecule has 0 aliphatic carbocycles. The lowest BCUT2D eigenvalue weighted by Gasteiger charge is -2.36. The second kappa shape index (κ2) is 8.67. The Morgan fingerprint density at radius 3 is 2.30 bits per heavy atom. The van der Waals surface area contributed by atoms with E-state index >= 15 is 0 Å². The molecule has 2 aromatic rings. The van der Waals surface area contributed by atoms with Gasteiger partial charge in [0.2, 0.25) is 11.8 Å². The van der Waals surface area contributed by atoms with E-state index in [1.165, 1.54) is 0 Å². The highest BCUT2D eigenvalue weighted by atomic mass is 79.9. The first-order chi connectivity index (χ1) is 13.0. The van der Waals surface area contributed by atoms with Gasteiger partial charge in [-0.2, -0.15) is 0 Å². The Balaban J connectivity index is 1.84. The second-order valence-electron chi connectivity index (χ2n) is 6.64. The Labute approximate surface area is 167 Å². The van der Waals surface area contributed by atoms with Crippen molar-refractivity contribution in [3.05, 3.63) is 58.6 Å². The largest absolute Gasteiger partial charge is 0.381 e. The molecule has 0 bridgehead atoms. The van der Waals surface area contributed by atoms with Gasteiger partial charge in [-0.05, 0) is 48.7 Å². The molecule has 27 heavy (non-hydrogen) atoms. The molecule has 1 fully saturated rings. The van der Waals surface area contributed by atoms with Crippen LogP contribution in [0.3, 0.4) is 0 Å². The zero-order chi connectivity index (χ0) is 19.3. The van der Waals surface area contributed by atoms with Gasteiger partial charge < -0.3 is 15.4 Å². The third-order valence-electron chi connectivity index (χ3n) is 4.90. The number of hydrogen-bond acceptors (Lipinski definition) is 3. The number of ether oxygens (including phenoxy) is 1. The van der Waals surface area contributed by atoms with Gasteiger partial charge in [-0.3, -0.25) is 9.59 Å². The predicted octanol–water partition coefficient (Wildman–Crippen LogP) is 4.48. The van der Waals surface area contributed by atoms with E-state index < -0.39 is 5.41 Å². The van der Waals surface area contributed by atoms with E-state index in [2.05, 4.69) is 26.6 Å². The van der Waals surface area contributed by atoms with Gasteiger partial charge >= 0.3 is 0 Å². The summed E-state index contributed by atoms with van der Waals surface area (Å²) in [6, 6.07) is 15.1. The van der Waals surface area contributed by atoms with E-state index in [4.69, 9.17) is 4.74 Å². The van der Waals surface area contributed by atoms with Crippen LogP contribution in [-0.4, -0.2) is 25.0 Å². The number of benzene rings is 2. The molecule has 2 N–H and O–H groups in total. The Morgan fingerprint density at radius 2 is 1.67 bits per heavy atom. The molecule has 5 nitrogen and oxygen atoms in total. The van der Waals surface area contributed by atoms with Gasteiger partial charge in [0.1, 0.15) is 0 Å². The molecule has 1 saturated heterocycles. The summed E-state index contributed by atoms with van der Waals surface area (Å²) in [5, 5.41) is 5.86. The van der Waals surface area contributed by atoms with E-state index in [0.717, 1.165) is 10.0 Å². The van der Waals surface area contributed by atoms with Crippen molar-refractivity contribution < 1.29 is 14.3 Å². The number of hydrogen-bond donors (Lipinski definition) is 2. The fraction of sp³-hybridized carbons (Fsp3) is 0.333. The van der Waals surface area contributed by atoms with Crippen molar-refractivity contribution in [3.8, 4) is 0 Å². The van der Waals surface area contributed by atoms with Crippen LogP contribution >= 0.6 is 15.9 Å². The summed E-state index contributed by atoms with van der Waals surface area (Å²) in [4.78, 5) is 24.9. The standard InChI is InChI=1S/C21H23BrN2O3/c1-2-19(25)23-17-4-3-5-18(14-17)24-20(26)21(10-12-27-13-11-21)15-6-8-16(22)9-7-15/h3-9,14H,2,10-13H2,1H3,(H,23,25)(H,24,26). The Hall–Kier alpha value is -2.18. The first-order valence-electron chi connectivity index (χ1n) is 9.09. The Bertz CT molecular complexity index is 814. The zero-order valence-corrected chi connectivity index (χ0v) is 16.8. The number of anilines is 2. The van der Waals surface area contributed by atoms with Crippen LogP contribution in [0.15, 0.2) is 53.0 Å². The molecule has 142 valence electrons. The maximum Gasteiger partial charge on any atom is 0.235 e. The molecule has 2 aromatic carbocycles. The summed E-state index contributed by atoms with van der Waals surface area (Å²) in [7, 11) is 0. The summed E-state index contributed by atoms with van der Waals surface area (Å²) in [6.07, 6.45) is 1.67. The summed E-state index contributed by atoms with van der Waals surface area (Å²) < 4.78 is 6.49. The first kappa shape index (κ1) is 19.6. The number of carbonyl (C=O) groups excluding carboxylic acids is 2. The fourth-order valence-electron chi connectivity index (χ4n) is 3.31. The predicted molar refractivity (Wildman–Crippen MR) is 110 cm³/mol. The van der Waals surface area contributed by atoms with Crippen molar-refractivity contribution in [2.75, 3.05) is 23.8 Å². The summed E-state index contributed by atoms with van der Waals surface area (Å²) in [5.74, 6) is -0.110. The summed E-state index contributed by atoms with van der Waals surface area (Å²) in [5.41, 5.74) is 1.70. The van der Waals surface area contributed by atoms with Gasteiger partial charge in [0.15, 0.2) is 0 Å². The lowest BCUT2D eigenvalue weighted by molar-refractivity contribution is -0.125. The number of nitrogens with one attached hydrogen (secondary N) is 2. The minimum Gasteiger partial charge on any atom is -0.381 e. The lowest BCUT2D eigenvalue weighted by atomic mass is 9.73. The van der Waals surface area contributed by atoms with E-state index in [0.29, 0.717) is 43.9 Å². The molecule has 0 unspecified atom stereocenters. The van der Waals surface area contributed by atoms with Crippen LogP contribution in [0.2, 0.25) is 0 Å². The van der Waals surface area contributed by atoms with Crippen molar-refractivity contribution in [3.63, 3.8) is 0 Å². The van der Waals surface area contributed by atoms with Crippen molar-refractivity contribution >= 4 is 39.1 Å². The molecule has 1 heterocycles. The van der Waals surface area contributed by atoms with E-state index in [9.17, 15) is 9.59 Å². The van der Waals surface area contributed by atoms with Crippen LogP contribution in [0, 0.1) is 0 Å². The number of halogens is 1. The average Bonchev–Trinajstić information content (AvgIpc) is 2.69. The Morgan fingerprint density at radius 1 is 1.04 bits per heavy atom. The number of amides is 2. The molecule has 0 spiro atoms. The minimum absolute atomic E-state index is 0.0490. The highest BCUT2D eigenvalue weighted by Crippen LogP contribution is 2.37. The van der Waals surface area contributed by atoms with Crippen LogP contribution in [0.4, 0.5) is 11.4 Å². The molecule has 2 amide bonds. The van der Waals surface area contributed by atoms with Gasteiger partial charge in [-0.25, -0.2) is 0 Å². The molecule has 1 aliphatic rings. The van der Waals surface area contributed by atoms with Gasteiger partial charge in [0, 0.05) is 35.5 Å². The third-order valence-corrected chi connectivity index (χ3v) is 5.43. The highest BCUT2D eigenvalue weighted by Gasteiger charge is 2.41. The molecule has 0 saturated carbocycles. The second-order valence-corrected chi connectivity index (χ2v) is 7.55. The number of rotatable bonds is 5. The zero-order valence-electron chi connectivity index (χ0n) is 15.3. The van der Waals surface area contributed by atoms with Crippen LogP contribution in [0.1, 0.15) is 31.7 Å². The monoisotopic (exact) mass is 430 g/mol. The molecule has 6 heteroatoms. The van der Waals surface area contributed by atoms with Gasteiger partial charge in [-0.15, -0.1) is 0 Å². The smallest absolute Gasteiger partial charge is 0.235 e.